The summed E-state index contributed by atoms with van der Waals surface area (Å²) < 4.78 is 10.9. The van der Waals surface area contributed by atoms with Gasteiger partial charge in [0.05, 0.1) is 14.2 Å². The van der Waals surface area contributed by atoms with Crippen molar-refractivity contribution in [1.82, 2.24) is 15.5 Å². The van der Waals surface area contributed by atoms with Crippen LogP contribution in [0.25, 0.3) is 0 Å². The minimum Gasteiger partial charge on any atom is -0.493 e. The molecule has 1 aliphatic rings. The topological polar surface area (TPSA) is 85.4 Å². The predicted molar refractivity (Wildman–Crippen MR) is 108 cm³/mol. The van der Waals surface area contributed by atoms with Crippen molar-refractivity contribution in [1.29, 1.82) is 0 Å². The van der Waals surface area contributed by atoms with E-state index in [1.165, 1.54) is 24.8 Å². The zero-order valence-electron chi connectivity index (χ0n) is 16.7. The molecule has 2 aromatic rings. The van der Waals surface area contributed by atoms with Crippen LogP contribution in [0.2, 0.25) is 0 Å². The normalized spacial score (nSPS) is 15.5. The Kier molecular flexibility index (Phi) is 6.34. The van der Waals surface area contributed by atoms with E-state index < -0.39 is 0 Å². The fourth-order valence-corrected chi connectivity index (χ4v) is 3.90. The van der Waals surface area contributed by atoms with E-state index in [-0.39, 0.29) is 11.3 Å². The molecule has 150 valence electrons. The number of carbonyl (C=O) groups is 1. The molecule has 0 radical (unpaired) electrons. The average molecular weight is 384 g/mol. The second-order valence-electron chi connectivity index (χ2n) is 7.15. The number of anilines is 1. The van der Waals surface area contributed by atoms with Crippen LogP contribution in [0.4, 0.5) is 5.82 Å². The standard InChI is InChI=1S/C21H28N4O3/c1-22-20(26)16-8-10-19(25-24-16)23-14-21(11-5-4-6-12-21)15-7-9-17(27-2)18(13-15)28-3/h7-10,13H,4-6,11-12,14H2,1-3H3,(H,22,26)(H,23,25). The molecular weight excluding hydrogens is 356 g/mol. The Bertz CT molecular complexity index is 802. The third-order valence-electron chi connectivity index (χ3n) is 5.54. The Morgan fingerprint density at radius 2 is 1.79 bits per heavy atom. The second kappa shape index (κ2) is 8.91. The molecule has 7 nitrogen and oxygen atoms in total. The van der Waals surface area contributed by atoms with Crippen LogP contribution < -0.4 is 20.1 Å². The molecule has 1 aromatic heterocycles. The van der Waals surface area contributed by atoms with E-state index in [1.54, 1.807) is 33.4 Å². The molecule has 0 saturated heterocycles. The third-order valence-corrected chi connectivity index (χ3v) is 5.54. The van der Waals surface area contributed by atoms with Gasteiger partial charge in [-0.15, -0.1) is 10.2 Å². The molecule has 0 aliphatic heterocycles. The van der Waals surface area contributed by atoms with Gasteiger partial charge < -0.3 is 20.1 Å². The van der Waals surface area contributed by atoms with Gasteiger partial charge in [-0.1, -0.05) is 25.3 Å². The summed E-state index contributed by atoms with van der Waals surface area (Å²) in [6.07, 6.45) is 5.84. The molecule has 0 bridgehead atoms. The van der Waals surface area contributed by atoms with Crippen molar-refractivity contribution in [2.45, 2.75) is 37.5 Å². The first kappa shape index (κ1) is 19.9. The smallest absolute Gasteiger partial charge is 0.271 e. The molecule has 3 rings (SSSR count). The minimum absolute atomic E-state index is 0.00105. The highest BCUT2D eigenvalue weighted by Crippen LogP contribution is 2.42. The van der Waals surface area contributed by atoms with Crippen LogP contribution in [0.15, 0.2) is 30.3 Å². The molecule has 0 unspecified atom stereocenters. The van der Waals surface area contributed by atoms with Crippen molar-refractivity contribution in [3.8, 4) is 11.5 Å². The molecule has 7 heteroatoms. The molecule has 2 N–H and O–H groups in total. The van der Waals surface area contributed by atoms with Crippen LogP contribution in [0.1, 0.15) is 48.2 Å². The van der Waals surface area contributed by atoms with Crippen LogP contribution >= 0.6 is 0 Å². The number of rotatable bonds is 7. The summed E-state index contributed by atoms with van der Waals surface area (Å²) in [7, 11) is 4.89. The molecule has 0 spiro atoms. The zero-order chi connectivity index (χ0) is 20.0. The first-order valence-electron chi connectivity index (χ1n) is 9.64. The quantitative estimate of drug-likeness (QED) is 0.763. The van der Waals surface area contributed by atoms with Crippen LogP contribution in [-0.2, 0) is 5.41 Å². The number of amides is 1. The van der Waals surface area contributed by atoms with E-state index in [1.807, 2.05) is 6.07 Å². The molecule has 1 saturated carbocycles. The lowest BCUT2D eigenvalue weighted by Crippen LogP contribution is -2.36. The van der Waals surface area contributed by atoms with Gasteiger partial charge in [0.25, 0.3) is 5.91 Å². The lowest BCUT2D eigenvalue weighted by molar-refractivity contribution is 0.0957. The summed E-state index contributed by atoms with van der Waals surface area (Å²) in [6.45, 7) is 0.747. The highest BCUT2D eigenvalue weighted by molar-refractivity contribution is 5.91. The number of benzene rings is 1. The number of carbonyl (C=O) groups excluding carboxylic acids is 1. The highest BCUT2D eigenvalue weighted by atomic mass is 16.5. The summed E-state index contributed by atoms with van der Waals surface area (Å²) in [5.74, 6) is 1.91. The molecule has 1 fully saturated rings. The van der Waals surface area contributed by atoms with Gasteiger partial charge in [-0.05, 0) is 42.7 Å². The summed E-state index contributed by atoms with van der Waals surface area (Å²) in [6, 6.07) is 9.67. The molecule has 1 aromatic carbocycles. The molecule has 1 heterocycles. The summed E-state index contributed by atoms with van der Waals surface area (Å²) >= 11 is 0. The van der Waals surface area contributed by atoms with E-state index in [0.717, 1.165) is 30.9 Å². The van der Waals surface area contributed by atoms with E-state index in [0.29, 0.717) is 11.5 Å². The minimum atomic E-state index is -0.242. The monoisotopic (exact) mass is 384 g/mol. The van der Waals surface area contributed by atoms with Crippen molar-refractivity contribution in [2.75, 3.05) is 33.1 Å². The van der Waals surface area contributed by atoms with E-state index in [2.05, 4.69) is 33.0 Å². The first-order chi connectivity index (χ1) is 13.6. The molecule has 28 heavy (non-hydrogen) atoms. The predicted octanol–water partition coefficient (Wildman–Crippen LogP) is 3.17. The number of hydrogen-bond donors (Lipinski definition) is 2. The summed E-state index contributed by atoms with van der Waals surface area (Å²) in [4.78, 5) is 11.6. The van der Waals surface area contributed by atoms with Gasteiger partial charge in [0, 0.05) is 19.0 Å². The fraction of sp³-hybridized carbons (Fsp3) is 0.476. The van der Waals surface area contributed by atoms with Crippen LogP contribution in [0.3, 0.4) is 0 Å². The van der Waals surface area contributed by atoms with Crippen molar-refractivity contribution < 1.29 is 14.3 Å². The van der Waals surface area contributed by atoms with Crippen molar-refractivity contribution in [2.24, 2.45) is 0 Å². The number of hydrogen-bond acceptors (Lipinski definition) is 6. The Morgan fingerprint density at radius 1 is 1.04 bits per heavy atom. The van der Waals surface area contributed by atoms with Gasteiger partial charge in [-0.25, -0.2) is 0 Å². The van der Waals surface area contributed by atoms with Gasteiger partial charge in [-0.2, -0.15) is 0 Å². The van der Waals surface area contributed by atoms with Crippen molar-refractivity contribution in [3.05, 3.63) is 41.6 Å². The van der Waals surface area contributed by atoms with Crippen LogP contribution in [0, 0.1) is 0 Å². The van der Waals surface area contributed by atoms with Gasteiger partial charge in [0.2, 0.25) is 0 Å². The Hall–Kier alpha value is -2.83. The van der Waals surface area contributed by atoms with Gasteiger partial charge in [-0.3, -0.25) is 4.79 Å². The molecule has 1 aliphatic carbocycles. The highest BCUT2D eigenvalue weighted by Gasteiger charge is 2.34. The Morgan fingerprint density at radius 3 is 2.39 bits per heavy atom. The van der Waals surface area contributed by atoms with Gasteiger partial charge in [0.1, 0.15) is 5.82 Å². The summed E-state index contributed by atoms with van der Waals surface area (Å²) in [5.41, 5.74) is 1.55. The number of methoxy groups -OCH3 is 2. The SMILES string of the molecule is CNC(=O)c1ccc(NCC2(c3ccc(OC)c(OC)c3)CCCCC2)nn1. The van der Waals surface area contributed by atoms with Crippen molar-refractivity contribution >= 4 is 11.7 Å². The maximum absolute atomic E-state index is 11.6. The first-order valence-corrected chi connectivity index (χ1v) is 9.64. The lowest BCUT2D eigenvalue weighted by atomic mass is 9.69. The number of nitrogens with one attached hydrogen (secondary N) is 2. The lowest BCUT2D eigenvalue weighted by Gasteiger charge is -2.38. The van der Waals surface area contributed by atoms with E-state index in [9.17, 15) is 4.79 Å². The van der Waals surface area contributed by atoms with Gasteiger partial charge in [0.15, 0.2) is 17.2 Å². The molecule has 1 amide bonds. The molecular formula is C21H28N4O3. The van der Waals surface area contributed by atoms with E-state index >= 15 is 0 Å². The summed E-state index contributed by atoms with van der Waals surface area (Å²) in [5, 5.41) is 14.1. The van der Waals surface area contributed by atoms with E-state index in [4.69, 9.17) is 9.47 Å². The van der Waals surface area contributed by atoms with Crippen LogP contribution in [0.5, 0.6) is 11.5 Å². The Balaban J connectivity index is 1.81. The zero-order valence-corrected chi connectivity index (χ0v) is 16.7. The number of ether oxygens (including phenoxy) is 2. The number of nitrogens with zero attached hydrogens (tertiary/aromatic N) is 2. The maximum Gasteiger partial charge on any atom is 0.271 e. The molecule has 0 atom stereocenters. The van der Waals surface area contributed by atoms with Crippen molar-refractivity contribution in [3.63, 3.8) is 0 Å². The second-order valence-corrected chi connectivity index (χ2v) is 7.15. The third kappa shape index (κ3) is 4.18. The average Bonchev–Trinajstić information content (AvgIpc) is 2.77. The fourth-order valence-electron chi connectivity index (χ4n) is 3.90. The Labute approximate surface area is 165 Å². The van der Waals surface area contributed by atoms with Gasteiger partial charge >= 0.3 is 0 Å². The van der Waals surface area contributed by atoms with Crippen LogP contribution in [-0.4, -0.2) is 43.9 Å². The largest absolute Gasteiger partial charge is 0.493 e. The maximum atomic E-state index is 11.6. The number of aromatic nitrogens is 2.